The van der Waals surface area contributed by atoms with E-state index in [1.807, 2.05) is 0 Å². The highest BCUT2D eigenvalue weighted by molar-refractivity contribution is 7.87. The van der Waals surface area contributed by atoms with Gasteiger partial charge in [-0.15, -0.1) is 0 Å². The molecule has 0 aliphatic heterocycles. The number of benzene rings is 2. The molecule has 0 radical (unpaired) electrons. The smallest absolute Gasteiger partial charge is 0.339 e. The van der Waals surface area contributed by atoms with Crippen molar-refractivity contribution < 1.29 is 26.9 Å². The van der Waals surface area contributed by atoms with E-state index in [0.29, 0.717) is 6.07 Å². The Morgan fingerprint density at radius 3 is 2.33 bits per heavy atom. The van der Waals surface area contributed by atoms with Gasteiger partial charge in [-0.1, -0.05) is 17.7 Å². The molecule has 0 atom stereocenters. The van der Waals surface area contributed by atoms with E-state index < -0.39 is 33.2 Å². The molecule has 0 fully saturated rings. The quantitative estimate of drug-likeness (QED) is 0.878. The number of aromatic carboxylic acids is 1. The van der Waals surface area contributed by atoms with Crippen molar-refractivity contribution in [3.8, 4) is 5.75 Å². The van der Waals surface area contributed by atoms with E-state index in [0.717, 1.165) is 17.7 Å². The lowest BCUT2D eigenvalue weighted by Crippen LogP contribution is -2.12. The number of rotatable bonds is 4. The summed E-state index contributed by atoms with van der Waals surface area (Å²) in [4.78, 5) is 10.9. The van der Waals surface area contributed by atoms with E-state index in [1.165, 1.54) is 12.1 Å². The number of aryl methyl sites for hydroxylation is 1. The van der Waals surface area contributed by atoms with Crippen molar-refractivity contribution >= 4 is 16.1 Å². The van der Waals surface area contributed by atoms with Gasteiger partial charge in [-0.3, -0.25) is 0 Å². The molecule has 110 valence electrons. The Morgan fingerprint density at radius 1 is 1.14 bits per heavy atom. The van der Waals surface area contributed by atoms with Crippen molar-refractivity contribution in [2.24, 2.45) is 0 Å². The molecule has 2 aromatic rings. The van der Waals surface area contributed by atoms with E-state index >= 15 is 0 Å². The highest BCUT2D eigenvalue weighted by Gasteiger charge is 2.21. The second-order valence-corrected chi connectivity index (χ2v) is 5.84. The van der Waals surface area contributed by atoms with Gasteiger partial charge in [-0.25, -0.2) is 9.18 Å². The predicted octanol–water partition coefficient (Wildman–Crippen LogP) is 2.60. The van der Waals surface area contributed by atoms with Crippen LogP contribution < -0.4 is 4.18 Å². The van der Waals surface area contributed by atoms with E-state index in [-0.39, 0.29) is 4.90 Å². The van der Waals surface area contributed by atoms with E-state index in [2.05, 4.69) is 0 Å². The minimum absolute atomic E-state index is 0.117. The molecule has 0 aliphatic rings. The van der Waals surface area contributed by atoms with Crippen LogP contribution in [0.5, 0.6) is 5.75 Å². The molecule has 0 aliphatic carbocycles. The minimum atomic E-state index is -4.18. The SMILES string of the molecule is Cc1ccc(S(=O)(=O)Oc2ccc(F)cc2C(=O)O)cc1. The monoisotopic (exact) mass is 310 g/mol. The maximum absolute atomic E-state index is 13.0. The summed E-state index contributed by atoms with van der Waals surface area (Å²) >= 11 is 0. The molecule has 0 saturated heterocycles. The summed E-state index contributed by atoms with van der Waals surface area (Å²) in [5.41, 5.74) is 0.299. The molecule has 0 bridgehead atoms. The second-order valence-electron chi connectivity index (χ2n) is 4.30. The first kappa shape index (κ1) is 15.0. The highest BCUT2D eigenvalue weighted by Crippen LogP contribution is 2.24. The molecular formula is C14H11FO5S. The molecule has 0 spiro atoms. The Hall–Kier alpha value is -2.41. The van der Waals surface area contributed by atoms with Gasteiger partial charge < -0.3 is 9.29 Å². The normalized spacial score (nSPS) is 11.1. The third-order valence-corrected chi connectivity index (χ3v) is 3.93. The van der Waals surface area contributed by atoms with Crippen molar-refractivity contribution in [3.05, 3.63) is 59.4 Å². The molecule has 2 aromatic carbocycles. The van der Waals surface area contributed by atoms with Crippen molar-refractivity contribution in [1.29, 1.82) is 0 Å². The Balaban J connectivity index is 2.41. The third kappa shape index (κ3) is 3.38. The van der Waals surface area contributed by atoms with Gasteiger partial charge in [0.05, 0.1) is 0 Å². The van der Waals surface area contributed by atoms with Crippen molar-refractivity contribution in [2.45, 2.75) is 11.8 Å². The molecule has 7 heteroatoms. The van der Waals surface area contributed by atoms with Gasteiger partial charge in [-0.2, -0.15) is 8.42 Å². The molecule has 0 aromatic heterocycles. The average molecular weight is 310 g/mol. The Bertz CT molecular complexity index is 782. The van der Waals surface area contributed by atoms with Crippen LogP contribution in [0.25, 0.3) is 0 Å². The summed E-state index contributed by atoms with van der Waals surface area (Å²) in [6.45, 7) is 1.79. The standard InChI is InChI=1S/C14H11FO5S/c1-9-2-5-11(6-3-9)21(18,19)20-13-7-4-10(15)8-12(13)14(16)17/h2-8H,1H3,(H,16,17). The lowest BCUT2D eigenvalue weighted by Gasteiger charge is -2.09. The van der Waals surface area contributed by atoms with E-state index in [9.17, 15) is 17.6 Å². The summed E-state index contributed by atoms with van der Waals surface area (Å²) in [6.07, 6.45) is 0. The van der Waals surface area contributed by atoms with Gasteiger partial charge >= 0.3 is 16.1 Å². The van der Waals surface area contributed by atoms with Crippen LogP contribution >= 0.6 is 0 Å². The van der Waals surface area contributed by atoms with Crippen LogP contribution in [-0.2, 0) is 10.1 Å². The number of halogens is 1. The van der Waals surface area contributed by atoms with Gasteiger partial charge in [0.1, 0.15) is 16.3 Å². The number of carbonyl (C=O) groups is 1. The molecule has 0 unspecified atom stereocenters. The maximum atomic E-state index is 13.0. The highest BCUT2D eigenvalue weighted by atomic mass is 32.2. The van der Waals surface area contributed by atoms with Crippen LogP contribution in [0.3, 0.4) is 0 Å². The maximum Gasteiger partial charge on any atom is 0.339 e. The molecule has 2 rings (SSSR count). The fourth-order valence-corrected chi connectivity index (χ4v) is 2.56. The van der Waals surface area contributed by atoms with Crippen molar-refractivity contribution in [1.82, 2.24) is 0 Å². The van der Waals surface area contributed by atoms with Gasteiger partial charge in [0, 0.05) is 0 Å². The van der Waals surface area contributed by atoms with Crippen LogP contribution in [0, 0.1) is 12.7 Å². The van der Waals surface area contributed by atoms with Crippen LogP contribution in [-0.4, -0.2) is 19.5 Å². The van der Waals surface area contributed by atoms with E-state index in [1.54, 1.807) is 19.1 Å². The molecule has 5 nitrogen and oxygen atoms in total. The summed E-state index contributed by atoms with van der Waals surface area (Å²) in [7, 11) is -4.18. The van der Waals surface area contributed by atoms with Gasteiger partial charge in [0.2, 0.25) is 0 Å². The molecular weight excluding hydrogens is 299 g/mol. The molecule has 0 heterocycles. The molecule has 21 heavy (non-hydrogen) atoms. The number of hydrogen-bond donors (Lipinski definition) is 1. The topological polar surface area (TPSA) is 80.7 Å². The van der Waals surface area contributed by atoms with Crippen LogP contribution in [0.4, 0.5) is 4.39 Å². The average Bonchev–Trinajstić information content (AvgIpc) is 2.41. The lowest BCUT2D eigenvalue weighted by molar-refractivity contribution is 0.0694. The number of carboxylic acid groups (broad SMARTS) is 1. The number of hydrogen-bond acceptors (Lipinski definition) is 4. The fraction of sp³-hybridized carbons (Fsp3) is 0.0714. The predicted molar refractivity (Wildman–Crippen MR) is 72.4 cm³/mol. The van der Waals surface area contributed by atoms with Crippen molar-refractivity contribution in [2.75, 3.05) is 0 Å². The van der Waals surface area contributed by atoms with E-state index in [4.69, 9.17) is 9.29 Å². The van der Waals surface area contributed by atoms with Gasteiger partial charge in [0.25, 0.3) is 0 Å². The molecule has 0 saturated carbocycles. The summed E-state index contributed by atoms with van der Waals surface area (Å²) in [5, 5.41) is 8.95. The zero-order chi connectivity index (χ0) is 15.6. The Morgan fingerprint density at radius 2 is 1.76 bits per heavy atom. The zero-order valence-corrected chi connectivity index (χ0v) is 11.7. The van der Waals surface area contributed by atoms with Gasteiger partial charge in [0.15, 0.2) is 5.75 Å². The second kappa shape index (κ2) is 5.53. The van der Waals surface area contributed by atoms with Crippen LogP contribution in [0.2, 0.25) is 0 Å². The van der Waals surface area contributed by atoms with Crippen LogP contribution in [0.15, 0.2) is 47.4 Å². The molecule has 1 N–H and O–H groups in total. The number of carboxylic acids is 1. The largest absolute Gasteiger partial charge is 0.478 e. The fourth-order valence-electron chi connectivity index (χ4n) is 1.61. The zero-order valence-electron chi connectivity index (χ0n) is 10.9. The summed E-state index contributed by atoms with van der Waals surface area (Å²) in [5.74, 6) is -2.72. The Labute approximate surface area is 120 Å². The Kier molecular flexibility index (Phi) is 3.95. The first-order valence-electron chi connectivity index (χ1n) is 5.83. The first-order valence-corrected chi connectivity index (χ1v) is 7.24. The lowest BCUT2D eigenvalue weighted by atomic mass is 10.2. The summed E-state index contributed by atoms with van der Waals surface area (Å²) in [6, 6.07) is 8.43. The summed E-state index contributed by atoms with van der Waals surface area (Å²) < 4.78 is 42.0. The minimum Gasteiger partial charge on any atom is -0.478 e. The van der Waals surface area contributed by atoms with Gasteiger partial charge in [-0.05, 0) is 37.3 Å². The molecule has 0 amide bonds. The first-order chi connectivity index (χ1) is 9.79. The third-order valence-electron chi connectivity index (χ3n) is 2.68. The van der Waals surface area contributed by atoms with Crippen molar-refractivity contribution in [3.63, 3.8) is 0 Å². The van der Waals surface area contributed by atoms with Crippen LogP contribution in [0.1, 0.15) is 15.9 Å².